The molecule has 2 atom stereocenters. The van der Waals surface area contributed by atoms with Crippen molar-refractivity contribution >= 4 is 17.8 Å². The number of hydrogen-bond donors (Lipinski definition) is 1. The summed E-state index contributed by atoms with van der Waals surface area (Å²) in [5.74, 6) is 0. The molecule has 3 nitrogen and oxygen atoms in total. The molecule has 0 radical (unpaired) electrons. The van der Waals surface area contributed by atoms with Crippen LogP contribution in [0.1, 0.15) is 19.8 Å². The van der Waals surface area contributed by atoms with E-state index in [-0.39, 0.29) is 12.1 Å². The Morgan fingerprint density at radius 3 is 2.04 bits per heavy atom. The number of aliphatic hydroxyl groups is 1. The molecule has 24 heavy (non-hydrogen) atoms. The smallest absolute Gasteiger partial charge is 0.144 e. The van der Waals surface area contributed by atoms with Crippen LogP contribution in [0.3, 0.4) is 0 Å². The highest BCUT2D eigenvalue weighted by Gasteiger charge is 2.35. The second-order valence-corrected chi connectivity index (χ2v) is 9.44. The maximum Gasteiger partial charge on any atom is 0.144 e. The zero-order valence-electron chi connectivity index (χ0n) is 14.2. The number of benzene rings is 2. The van der Waals surface area contributed by atoms with Crippen LogP contribution in [0, 0.1) is 0 Å². The van der Waals surface area contributed by atoms with Crippen molar-refractivity contribution in [3.63, 3.8) is 0 Å². The molecule has 0 bridgehead atoms. The topological polar surface area (TPSA) is 40.5 Å². The quantitative estimate of drug-likeness (QED) is 0.849. The lowest BCUT2D eigenvalue weighted by molar-refractivity contribution is 0.0454. The first-order valence-corrected chi connectivity index (χ1v) is 10.6. The van der Waals surface area contributed by atoms with Crippen molar-refractivity contribution in [1.29, 1.82) is 0 Å². The zero-order chi connectivity index (χ0) is 17.0. The van der Waals surface area contributed by atoms with E-state index in [9.17, 15) is 9.67 Å². The Bertz CT molecular complexity index is 646. The largest absolute Gasteiger partial charge is 0.392 e. The lowest BCUT2D eigenvalue weighted by atomic mass is 10.0. The van der Waals surface area contributed by atoms with Crippen molar-refractivity contribution < 1.29 is 9.67 Å². The van der Waals surface area contributed by atoms with E-state index >= 15 is 0 Å². The highest BCUT2D eigenvalue weighted by atomic mass is 31.2. The molecule has 2 aromatic carbocycles. The van der Waals surface area contributed by atoms with E-state index in [0.29, 0.717) is 12.7 Å². The Kier molecular flexibility index (Phi) is 5.55. The molecule has 1 heterocycles. The molecule has 0 aromatic heterocycles. The third kappa shape index (κ3) is 3.64. The summed E-state index contributed by atoms with van der Waals surface area (Å²) in [5.41, 5.74) is 0. The summed E-state index contributed by atoms with van der Waals surface area (Å²) >= 11 is 0. The molecule has 1 saturated heterocycles. The Hall–Kier alpha value is -1.41. The summed E-state index contributed by atoms with van der Waals surface area (Å²) in [7, 11) is -2.69. The van der Waals surface area contributed by atoms with E-state index in [4.69, 9.17) is 0 Å². The van der Waals surface area contributed by atoms with Gasteiger partial charge in [0.1, 0.15) is 7.14 Å². The first kappa shape index (κ1) is 17.4. The standard InChI is InChI=1S/C20H26NO2P/c1-2-21-15-18(22)14-13-17(21)16-24(23,19-9-5-3-6-10-19)20-11-7-4-8-12-20/h3-12,17-18,22H,2,13-16H2,1H3/t17-,18-/m0/s1. The molecule has 0 aliphatic carbocycles. The molecule has 1 N–H and O–H groups in total. The normalized spacial score (nSPS) is 22.4. The van der Waals surface area contributed by atoms with Gasteiger partial charge in [-0.2, -0.15) is 0 Å². The SMILES string of the molecule is CCN1C[C@@H](O)CC[C@H]1CP(=O)(c1ccccc1)c1ccccc1. The van der Waals surface area contributed by atoms with Gasteiger partial charge in [0.2, 0.25) is 0 Å². The maximum atomic E-state index is 14.1. The second kappa shape index (κ2) is 7.65. The molecule has 1 aliphatic rings. The third-order valence-corrected chi connectivity index (χ3v) is 8.22. The van der Waals surface area contributed by atoms with Gasteiger partial charge in [-0.15, -0.1) is 0 Å². The van der Waals surface area contributed by atoms with Crippen LogP contribution in [0.25, 0.3) is 0 Å². The highest BCUT2D eigenvalue weighted by molar-refractivity contribution is 7.78. The number of nitrogens with zero attached hydrogens (tertiary/aromatic N) is 1. The number of piperidine rings is 1. The van der Waals surface area contributed by atoms with E-state index in [1.54, 1.807) is 0 Å². The average molecular weight is 343 g/mol. The summed E-state index contributed by atoms with van der Waals surface area (Å²) in [6.07, 6.45) is 2.08. The Balaban J connectivity index is 1.96. The van der Waals surface area contributed by atoms with Crippen LogP contribution in [0.15, 0.2) is 60.7 Å². The molecule has 4 heteroatoms. The molecule has 1 aliphatic heterocycles. The van der Waals surface area contributed by atoms with E-state index in [1.165, 1.54) is 0 Å². The predicted octanol–water partition coefficient (Wildman–Crippen LogP) is 2.85. The molecule has 3 rings (SSSR count). The van der Waals surface area contributed by atoms with E-state index in [2.05, 4.69) is 11.8 Å². The van der Waals surface area contributed by atoms with Gasteiger partial charge in [0.05, 0.1) is 6.10 Å². The van der Waals surface area contributed by atoms with Crippen molar-refractivity contribution in [3.8, 4) is 0 Å². The molecule has 128 valence electrons. The van der Waals surface area contributed by atoms with E-state index in [0.717, 1.165) is 30.0 Å². The van der Waals surface area contributed by atoms with Crippen LogP contribution in [0.5, 0.6) is 0 Å². The minimum Gasteiger partial charge on any atom is -0.392 e. The number of likely N-dealkylation sites (tertiary alicyclic amines) is 1. The van der Waals surface area contributed by atoms with Crippen LogP contribution in [0.4, 0.5) is 0 Å². The van der Waals surface area contributed by atoms with Gasteiger partial charge in [0, 0.05) is 29.4 Å². The molecule has 0 unspecified atom stereocenters. The summed E-state index contributed by atoms with van der Waals surface area (Å²) in [6.45, 7) is 3.68. The van der Waals surface area contributed by atoms with E-state index < -0.39 is 7.14 Å². The zero-order valence-corrected chi connectivity index (χ0v) is 15.1. The van der Waals surface area contributed by atoms with Crippen LogP contribution in [-0.4, -0.2) is 41.4 Å². The summed E-state index contributed by atoms with van der Waals surface area (Å²) in [5, 5.41) is 11.8. The van der Waals surface area contributed by atoms with Crippen LogP contribution in [0.2, 0.25) is 0 Å². The Labute approximate surface area is 144 Å². The van der Waals surface area contributed by atoms with Crippen molar-refractivity contribution in [2.75, 3.05) is 19.3 Å². The molecule has 0 spiro atoms. The summed E-state index contributed by atoms with van der Waals surface area (Å²) < 4.78 is 14.1. The van der Waals surface area contributed by atoms with Crippen molar-refractivity contribution in [3.05, 3.63) is 60.7 Å². The van der Waals surface area contributed by atoms with Gasteiger partial charge in [-0.3, -0.25) is 4.90 Å². The van der Waals surface area contributed by atoms with Crippen LogP contribution >= 0.6 is 7.14 Å². The van der Waals surface area contributed by atoms with Gasteiger partial charge in [-0.05, 0) is 19.4 Å². The van der Waals surface area contributed by atoms with Crippen LogP contribution < -0.4 is 10.6 Å². The van der Waals surface area contributed by atoms with Crippen molar-refractivity contribution in [2.45, 2.75) is 31.9 Å². The van der Waals surface area contributed by atoms with Gasteiger partial charge >= 0.3 is 0 Å². The highest BCUT2D eigenvalue weighted by Crippen LogP contribution is 2.45. The monoisotopic (exact) mass is 343 g/mol. The minimum atomic E-state index is -2.69. The van der Waals surface area contributed by atoms with E-state index in [1.807, 2.05) is 60.7 Å². The summed E-state index contributed by atoms with van der Waals surface area (Å²) in [6, 6.07) is 20.0. The second-order valence-electron chi connectivity index (χ2n) is 6.57. The first-order valence-electron chi connectivity index (χ1n) is 8.76. The predicted molar refractivity (Wildman–Crippen MR) is 101 cm³/mol. The first-order chi connectivity index (χ1) is 11.6. The number of β-amino-alcohol motifs (C(OH)–C–C–N with tert-alkyl or cyclic N) is 1. The van der Waals surface area contributed by atoms with Crippen molar-refractivity contribution in [2.24, 2.45) is 0 Å². The fourth-order valence-electron chi connectivity index (χ4n) is 3.67. The van der Waals surface area contributed by atoms with Gasteiger partial charge in [0.25, 0.3) is 0 Å². The number of likely N-dealkylation sites (N-methyl/N-ethyl adjacent to an activating group) is 1. The van der Waals surface area contributed by atoms with Gasteiger partial charge in [0.15, 0.2) is 0 Å². The number of aliphatic hydroxyl groups excluding tert-OH is 1. The minimum absolute atomic E-state index is 0.254. The fourth-order valence-corrected chi connectivity index (χ4v) is 6.70. The molecule has 0 saturated carbocycles. The van der Waals surface area contributed by atoms with Gasteiger partial charge in [-0.1, -0.05) is 67.6 Å². The fraction of sp³-hybridized carbons (Fsp3) is 0.400. The Morgan fingerprint density at radius 2 is 1.54 bits per heavy atom. The molecule has 2 aromatic rings. The number of hydrogen-bond acceptors (Lipinski definition) is 3. The number of rotatable bonds is 5. The summed E-state index contributed by atoms with van der Waals surface area (Å²) in [4.78, 5) is 2.28. The molecule has 0 amide bonds. The van der Waals surface area contributed by atoms with Crippen molar-refractivity contribution in [1.82, 2.24) is 4.90 Å². The van der Waals surface area contributed by atoms with Gasteiger partial charge < -0.3 is 9.67 Å². The maximum absolute atomic E-state index is 14.1. The third-order valence-electron chi connectivity index (χ3n) is 5.02. The molecular weight excluding hydrogens is 317 g/mol. The average Bonchev–Trinajstić information content (AvgIpc) is 2.64. The lowest BCUT2D eigenvalue weighted by Gasteiger charge is -2.39. The van der Waals surface area contributed by atoms with Crippen LogP contribution in [-0.2, 0) is 4.57 Å². The Morgan fingerprint density at radius 1 is 1.00 bits per heavy atom. The lowest BCUT2D eigenvalue weighted by Crippen LogP contribution is -2.47. The molecule has 1 fully saturated rings. The van der Waals surface area contributed by atoms with Gasteiger partial charge in [-0.25, -0.2) is 0 Å². The molecular formula is C20H26NO2P.